The molecule has 0 aliphatic carbocycles. The van der Waals surface area contributed by atoms with Crippen molar-refractivity contribution in [2.45, 2.75) is 12.5 Å². The second kappa shape index (κ2) is 4.21. The van der Waals surface area contributed by atoms with Crippen LogP contribution in [0.15, 0.2) is 24.3 Å². The topological polar surface area (TPSA) is 30.5 Å². The molecule has 82 valence electrons. The first kappa shape index (κ1) is 10.5. The summed E-state index contributed by atoms with van der Waals surface area (Å²) < 4.78 is 11.0. The van der Waals surface area contributed by atoms with Crippen LogP contribution in [0.1, 0.15) is 12.5 Å². The lowest BCUT2D eigenvalue weighted by molar-refractivity contribution is -0.0572. The number of benzene rings is 1. The highest BCUT2D eigenvalue weighted by Crippen LogP contribution is 2.27. The molecule has 0 spiro atoms. The van der Waals surface area contributed by atoms with E-state index >= 15 is 0 Å². The van der Waals surface area contributed by atoms with Crippen LogP contribution in [-0.2, 0) is 10.3 Å². The lowest BCUT2D eigenvalue weighted by Gasteiger charge is -2.34. The standard InChI is InChI=1S/C12H17NO2/c1-12(9-13-7-8-15-12)10-3-5-11(14-2)6-4-10/h3-6,13H,7-9H2,1-2H3/t12-/m1/s1. The minimum Gasteiger partial charge on any atom is -0.497 e. The maximum Gasteiger partial charge on any atom is 0.118 e. The average molecular weight is 207 g/mol. The summed E-state index contributed by atoms with van der Waals surface area (Å²) in [6, 6.07) is 8.06. The molecular weight excluding hydrogens is 190 g/mol. The van der Waals surface area contributed by atoms with Crippen LogP contribution < -0.4 is 10.1 Å². The van der Waals surface area contributed by atoms with Gasteiger partial charge in [0, 0.05) is 13.1 Å². The van der Waals surface area contributed by atoms with E-state index < -0.39 is 0 Å². The van der Waals surface area contributed by atoms with Crippen LogP contribution in [0, 0.1) is 0 Å². The second-order valence-corrected chi connectivity index (χ2v) is 3.98. The number of rotatable bonds is 2. The number of ether oxygens (including phenoxy) is 2. The molecule has 2 rings (SSSR count). The second-order valence-electron chi connectivity index (χ2n) is 3.98. The number of methoxy groups -OCH3 is 1. The lowest BCUT2D eigenvalue weighted by atomic mass is 9.94. The molecule has 0 unspecified atom stereocenters. The van der Waals surface area contributed by atoms with Gasteiger partial charge in [0.2, 0.25) is 0 Å². The predicted molar refractivity (Wildman–Crippen MR) is 59.2 cm³/mol. The number of hydrogen-bond donors (Lipinski definition) is 1. The van der Waals surface area contributed by atoms with Gasteiger partial charge in [-0.05, 0) is 24.6 Å². The van der Waals surface area contributed by atoms with Gasteiger partial charge < -0.3 is 14.8 Å². The average Bonchev–Trinajstić information content (AvgIpc) is 2.30. The molecule has 15 heavy (non-hydrogen) atoms. The smallest absolute Gasteiger partial charge is 0.118 e. The summed E-state index contributed by atoms with van der Waals surface area (Å²) in [7, 11) is 1.68. The van der Waals surface area contributed by atoms with E-state index in [-0.39, 0.29) is 5.60 Å². The highest BCUT2D eigenvalue weighted by atomic mass is 16.5. The zero-order chi connectivity index (χ0) is 10.7. The molecule has 1 aromatic rings. The first-order chi connectivity index (χ1) is 7.24. The maximum absolute atomic E-state index is 5.82. The molecule has 0 bridgehead atoms. The van der Waals surface area contributed by atoms with Crippen molar-refractivity contribution in [1.82, 2.24) is 5.32 Å². The Morgan fingerprint density at radius 3 is 2.60 bits per heavy atom. The van der Waals surface area contributed by atoms with Crippen molar-refractivity contribution in [2.24, 2.45) is 0 Å². The molecule has 3 heteroatoms. The van der Waals surface area contributed by atoms with Gasteiger partial charge in [-0.25, -0.2) is 0 Å². The molecule has 1 fully saturated rings. The molecule has 1 aromatic carbocycles. The van der Waals surface area contributed by atoms with Crippen molar-refractivity contribution in [2.75, 3.05) is 26.8 Å². The first-order valence-corrected chi connectivity index (χ1v) is 5.24. The van der Waals surface area contributed by atoms with E-state index in [4.69, 9.17) is 9.47 Å². The van der Waals surface area contributed by atoms with Gasteiger partial charge in [-0.3, -0.25) is 0 Å². The molecule has 0 amide bonds. The molecule has 0 radical (unpaired) electrons. The van der Waals surface area contributed by atoms with Crippen LogP contribution in [0.5, 0.6) is 5.75 Å². The van der Waals surface area contributed by atoms with Crippen LogP contribution in [0.25, 0.3) is 0 Å². The van der Waals surface area contributed by atoms with E-state index in [1.807, 2.05) is 12.1 Å². The van der Waals surface area contributed by atoms with Gasteiger partial charge in [0.1, 0.15) is 11.4 Å². The van der Waals surface area contributed by atoms with Crippen molar-refractivity contribution >= 4 is 0 Å². The third-order valence-electron chi connectivity index (χ3n) is 2.86. The van der Waals surface area contributed by atoms with Crippen molar-refractivity contribution in [3.63, 3.8) is 0 Å². The van der Waals surface area contributed by atoms with Gasteiger partial charge in [0.25, 0.3) is 0 Å². The normalized spacial score (nSPS) is 26.3. The van der Waals surface area contributed by atoms with Crippen LogP contribution in [0.3, 0.4) is 0 Å². The molecule has 1 aliphatic rings. The quantitative estimate of drug-likeness (QED) is 0.797. The zero-order valence-corrected chi connectivity index (χ0v) is 9.25. The van der Waals surface area contributed by atoms with Crippen LogP contribution in [0.4, 0.5) is 0 Å². The van der Waals surface area contributed by atoms with Gasteiger partial charge in [-0.2, -0.15) is 0 Å². The Morgan fingerprint density at radius 1 is 1.33 bits per heavy atom. The van der Waals surface area contributed by atoms with Crippen LogP contribution >= 0.6 is 0 Å². The molecule has 1 aliphatic heterocycles. The molecule has 1 atom stereocenters. The van der Waals surface area contributed by atoms with Crippen LogP contribution in [0.2, 0.25) is 0 Å². The van der Waals surface area contributed by atoms with Gasteiger partial charge >= 0.3 is 0 Å². The minimum atomic E-state index is -0.204. The summed E-state index contributed by atoms with van der Waals surface area (Å²) in [5, 5.41) is 3.35. The van der Waals surface area contributed by atoms with Gasteiger partial charge in [-0.15, -0.1) is 0 Å². The third-order valence-corrected chi connectivity index (χ3v) is 2.86. The van der Waals surface area contributed by atoms with Crippen molar-refractivity contribution < 1.29 is 9.47 Å². The fourth-order valence-electron chi connectivity index (χ4n) is 1.86. The van der Waals surface area contributed by atoms with Crippen molar-refractivity contribution in [3.8, 4) is 5.75 Å². The Bertz CT molecular complexity index is 315. The lowest BCUT2D eigenvalue weighted by Crippen LogP contribution is -2.45. The Labute approximate surface area is 90.4 Å². The molecule has 0 aromatic heterocycles. The largest absolute Gasteiger partial charge is 0.497 e. The Morgan fingerprint density at radius 2 is 2.07 bits per heavy atom. The summed E-state index contributed by atoms with van der Waals surface area (Å²) in [5.41, 5.74) is 0.986. The molecule has 1 N–H and O–H groups in total. The van der Waals surface area contributed by atoms with Crippen molar-refractivity contribution in [3.05, 3.63) is 29.8 Å². The zero-order valence-electron chi connectivity index (χ0n) is 9.25. The van der Waals surface area contributed by atoms with E-state index in [2.05, 4.69) is 24.4 Å². The van der Waals surface area contributed by atoms with E-state index in [0.717, 1.165) is 25.4 Å². The molecular formula is C12H17NO2. The van der Waals surface area contributed by atoms with Gasteiger partial charge in [0.05, 0.1) is 13.7 Å². The van der Waals surface area contributed by atoms with E-state index in [9.17, 15) is 0 Å². The van der Waals surface area contributed by atoms with E-state index in [0.29, 0.717) is 0 Å². The first-order valence-electron chi connectivity index (χ1n) is 5.24. The summed E-state index contributed by atoms with van der Waals surface area (Å²) in [5.74, 6) is 0.881. The molecule has 1 heterocycles. The van der Waals surface area contributed by atoms with E-state index in [1.54, 1.807) is 7.11 Å². The Kier molecular flexibility index (Phi) is 2.93. The SMILES string of the molecule is COc1ccc([C@@]2(C)CNCCO2)cc1. The fourth-order valence-corrected chi connectivity index (χ4v) is 1.86. The van der Waals surface area contributed by atoms with Gasteiger partial charge in [-0.1, -0.05) is 12.1 Å². The third kappa shape index (κ3) is 2.13. The van der Waals surface area contributed by atoms with Crippen molar-refractivity contribution in [1.29, 1.82) is 0 Å². The summed E-state index contributed by atoms with van der Waals surface area (Å²) in [6.45, 7) is 4.68. The van der Waals surface area contributed by atoms with E-state index in [1.165, 1.54) is 5.56 Å². The predicted octanol–water partition coefficient (Wildman–Crippen LogP) is 1.53. The fraction of sp³-hybridized carbons (Fsp3) is 0.500. The number of morpholine rings is 1. The Balaban J connectivity index is 2.20. The highest BCUT2D eigenvalue weighted by Gasteiger charge is 2.29. The number of nitrogens with one attached hydrogen (secondary N) is 1. The molecule has 3 nitrogen and oxygen atoms in total. The Hall–Kier alpha value is -1.06. The summed E-state index contributed by atoms with van der Waals surface area (Å²) >= 11 is 0. The monoisotopic (exact) mass is 207 g/mol. The summed E-state index contributed by atoms with van der Waals surface area (Å²) in [4.78, 5) is 0. The van der Waals surface area contributed by atoms with Crippen LogP contribution in [-0.4, -0.2) is 26.8 Å². The maximum atomic E-state index is 5.82. The highest BCUT2D eigenvalue weighted by molar-refractivity contribution is 5.31. The van der Waals surface area contributed by atoms with Gasteiger partial charge in [0.15, 0.2) is 0 Å². The minimum absolute atomic E-state index is 0.204. The molecule has 1 saturated heterocycles. The summed E-state index contributed by atoms with van der Waals surface area (Å²) in [6.07, 6.45) is 0. The molecule has 0 saturated carbocycles. The number of hydrogen-bond acceptors (Lipinski definition) is 3.